The molecule has 0 aromatic rings. The lowest BCUT2D eigenvalue weighted by atomic mass is 10.5. The number of carbonyl (C=O) groups is 1. The number of aliphatic hydroxyl groups excluding tert-OH is 1. The molecule has 0 bridgehead atoms. The molecular formula is C9H20O3. The second kappa shape index (κ2) is 13.2. The summed E-state index contributed by atoms with van der Waals surface area (Å²) in [5.74, 6) is -0.190. The van der Waals surface area contributed by atoms with Crippen molar-refractivity contribution in [1.82, 2.24) is 0 Å². The summed E-state index contributed by atoms with van der Waals surface area (Å²) in [4.78, 5) is 9.56. The van der Waals surface area contributed by atoms with Crippen LogP contribution in [-0.2, 0) is 9.53 Å². The molecule has 0 amide bonds. The van der Waals surface area contributed by atoms with Crippen molar-refractivity contribution in [2.75, 3.05) is 19.8 Å². The standard InChI is InChI=1S/C6H14O.C3H6O2/c1-3-5-7-6-4-2;1-3(5)2-4/h3-6H2,1-2H3;4H,2H2,1H3. The van der Waals surface area contributed by atoms with Gasteiger partial charge in [-0.15, -0.1) is 0 Å². The Balaban J connectivity index is 0. The molecule has 1 N–H and O–H groups in total. The smallest absolute Gasteiger partial charge is 0.155 e. The second-order valence-electron chi connectivity index (χ2n) is 2.47. The van der Waals surface area contributed by atoms with E-state index in [2.05, 4.69) is 13.8 Å². The van der Waals surface area contributed by atoms with E-state index >= 15 is 0 Å². The van der Waals surface area contributed by atoms with E-state index in [-0.39, 0.29) is 12.4 Å². The first kappa shape index (κ1) is 14.1. The average Bonchev–Trinajstić information content (AvgIpc) is 2.07. The molecule has 12 heavy (non-hydrogen) atoms. The van der Waals surface area contributed by atoms with E-state index in [0.29, 0.717) is 0 Å². The first-order valence-corrected chi connectivity index (χ1v) is 4.37. The molecule has 0 saturated carbocycles. The fraction of sp³-hybridized carbons (Fsp3) is 0.889. The number of hydrogen-bond donors (Lipinski definition) is 1. The zero-order valence-corrected chi connectivity index (χ0v) is 8.30. The molecule has 0 rings (SSSR count). The van der Waals surface area contributed by atoms with E-state index in [1.807, 2.05) is 0 Å². The number of ketones is 1. The number of rotatable bonds is 5. The van der Waals surface area contributed by atoms with Gasteiger partial charge in [0, 0.05) is 13.2 Å². The Morgan fingerprint density at radius 2 is 1.58 bits per heavy atom. The highest BCUT2D eigenvalue weighted by Crippen LogP contribution is 1.81. The van der Waals surface area contributed by atoms with Gasteiger partial charge in [-0.2, -0.15) is 0 Å². The van der Waals surface area contributed by atoms with E-state index in [0.717, 1.165) is 26.1 Å². The first-order valence-electron chi connectivity index (χ1n) is 4.37. The topological polar surface area (TPSA) is 46.5 Å². The quantitative estimate of drug-likeness (QED) is 0.644. The van der Waals surface area contributed by atoms with Crippen LogP contribution in [0.2, 0.25) is 0 Å². The van der Waals surface area contributed by atoms with Gasteiger partial charge in [0.15, 0.2) is 5.78 Å². The highest BCUT2D eigenvalue weighted by atomic mass is 16.5. The second-order valence-corrected chi connectivity index (χ2v) is 2.47. The van der Waals surface area contributed by atoms with Crippen LogP contribution in [0.15, 0.2) is 0 Å². The minimum Gasteiger partial charge on any atom is -0.389 e. The van der Waals surface area contributed by atoms with Crippen molar-refractivity contribution in [1.29, 1.82) is 0 Å². The minimum atomic E-state index is -0.333. The highest BCUT2D eigenvalue weighted by Gasteiger charge is 1.78. The van der Waals surface area contributed by atoms with Crippen LogP contribution in [-0.4, -0.2) is 30.7 Å². The molecule has 74 valence electrons. The van der Waals surface area contributed by atoms with Gasteiger partial charge in [-0.05, 0) is 19.8 Å². The van der Waals surface area contributed by atoms with E-state index in [4.69, 9.17) is 9.84 Å². The molecule has 0 aromatic carbocycles. The number of Topliss-reactive ketones (excluding diaryl/α,β-unsaturated/α-hetero) is 1. The number of ether oxygens (including phenoxy) is 1. The van der Waals surface area contributed by atoms with Crippen LogP contribution in [0.4, 0.5) is 0 Å². The Hall–Kier alpha value is -0.410. The van der Waals surface area contributed by atoms with Crippen molar-refractivity contribution in [2.45, 2.75) is 33.6 Å². The molecule has 3 nitrogen and oxygen atoms in total. The maximum atomic E-state index is 9.56. The molecule has 0 aliphatic rings. The van der Waals surface area contributed by atoms with Gasteiger partial charge >= 0.3 is 0 Å². The largest absolute Gasteiger partial charge is 0.389 e. The van der Waals surface area contributed by atoms with Gasteiger partial charge in [-0.1, -0.05) is 13.8 Å². The van der Waals surface area contributed by atoms with Gasteiger partial charge in [0.1, 0.15) is 6.61 Å². The summed E-state index contributed by atoms with van der Waals surface area (Å²) < 4.78 is 5.13. The molecule has 0 aliphatic carbocycles. The SMILES string of the molecule is CC(=O)CO.CCCOCCC. The molecule has 3 heteroatoms. The van der Waals surface area contributed by atoms with Crippen molar-refractivity contribution in [2.24, 2.45) is 0 Å². The number of aliphatic hydroxyl groups is 1. The fourth-order valence-corrected chi connectivity index (χ4v) is 0.391. The van der Waals surface area contributed by atoms with Crippen molar-refractivity contribution in [3.63, 3.8) is 0 Å². The molecule has 0 spiro atoms. The van der Waals surface area contributed by atoms with Gasteiger partial charge in [-0.3, -0.25) is 4.79 Å². The Kier molecular flexibility index (Phi) is 15.5. The summed E-state index contributed by atoms with van der Waals surface area (Å²) in [6, 6.07) is 0. The lowest BCUT2D eigenvalue weighted by Gasteiger charge is -1.95. The fourth-order valence-electron chi connectivity index (χ4n) is 0.391. The van der Waals surface area contributed by atoms with Gasteiger partial charge in [0.25, 0.3) is 0 Å². The third-order valence-electron chi connectivity index (χ3n) is 0.920. The van der Waals surface area contributed by atoms with Crippen LogP contribution in [0.25, 0.3) is 0 Å². The van der Waals surface area contributed by atoms with Crippen molar-refractivity contribution in [3.05, 3.63) is 0 Å². The van der Waals surface area contributed by atoms with Gasteiger partial charge < -0.3 is 9.84 Å². The van der Waals surface area contributed by atoms with E-state index in [1.54, 1.807) is 0 Å². The summed E-state index contributed by atoms with van der Waals surface area (Å²) in [6.07, 6.45) is 2.28. The number of carbonyl (C=O) groups excluding carboxylic acids is 1. The predicted molar refractivity (Wildman–Crippen MR) is 49.2 cm³/mol. The first-order chi connectivity index (χ1) is 5.68. The molecular weight excluding hydrogens is 156 g/mol. The minimum absolute atomic E-state index is 0.190. The molecule has 0 fully saturated rings. The summed E-state index contributed by atoms with van der Waals surface area (Å²) in [6.45, 7) is 7.09. The normalized spacial score (nSPS) is 8.67. The van der Waals surface area contributed by atoms with Crippen LogP contribution < -0.4 is 0 Å². The third kappa shape index (κ3) is 22.6. The number of hydrogen-bond acceptors (Lipinski definition) is 3. The zero-order chi connectivity index (χ0) is 9.82. The summed E-state index contributed by atoms with van der Waals surface area (Å²) in [5.41, 5.74) is 0. The highest BCUT2D eigenvalue weighted by molar-refractivity contribution is 5.76. The van der Waals surface area contributed by atoms with E-state index in [1.165, 1.54) is 6.92 Å². The summed E-state index contributed by atoms with van der Waals surface area (Å²) >= 11 is 0. The Morgan fingerprint density at radius 1 is 1.25 bits per heavy atom. The van der Waals surface area contributed by atoms with Crippen molar-refractivity contribution in [3.8, 4) is 0 Å². The van der Waals surface area contributed by atoms with Crippen LogP contribution in [0.5, 0.6) is 0 Å². The van der Waals surface area contributed by atoms with Crippen LogP contribution in [0, 0.1) is 0 Å². The summed E-state index contributed by atoms with van der Waals surface area (Å²) in [7, 11) is 0. The molecule has 0 radical (unpaired) electrons. The lowest BCUT2D eigenvalue weighted by molar-refractivity contribution is -0.119. The Bertz CT molecular complexity index is 87.8. The third-order valence-corrected chi connectivity index (χ3v) is 0.920. The van der Waals surface area contributed by atoms with E-state index < -0.39 is 0 Å². The van der Waals surface area contributed by atoms with Crippen molar-refractivity contribution >= 4 is 5.78 Å². The van der Waals surface area contributed by atoms with Crippen LogP contribution in [0.1, 0.15) is 33.6 Å². The molecule has 0 saturated heterocycles. The van der Waals surface area contributed by atoms with Gasteiger partial charge in [0.2, 0.25) is 0 Å². The Labute approximate surface area is 74.7 Å². The van der Waals surface area contributed by atoms with Crippen molar-refractivity contribution < 1.29 is 14.6 Å². The van der Waals surface area contributed by atoms with Gasteiger partial charge in [0.05, 0.1) is 0 Å². The Morgan fingerprint density at radius 3 is 1.75 bits per heavy atom. The summed E-state index contributed by atoms with van der Waals surface area (Å²) in [5, 5.41) is 7.79. The lowest BCUT2D eigenvalue weighted by Crippen LogP contribution is -1.93. The maximum Gasteiger partial charge on any atom is 0.155 e. The molecule has 0 unspecified atom stereocenters. The molecule has 0 aliphatic heterocycles. The average molecular weight is 176 g/mol. The monoisotopic (exact) mass is 176 g/mol. The maximum absolute atomic E-state index is 9.56. The predicted octanol–water partition coefficient (Wildman–Crippen LogP) is 1.39. The van der Waals surface area contributed by atoms with Gasteiger partial charge in [-0.25, -0.2) is 0 Å². The molecule has 0 aromatic heterocycles. The molecule has 0 atom stereocenters. The zero-order valence-electron chi connectivity index (χ0n) is 8.30. The molecule has 0 heterocycles. The van der Waals surface area contributed by atoms with Crippen LogP contribution in [0.3, 0.4) is 0 Å². The van der Waals surface area contributed by atoms with Crippen LogP contribution >= 0.6 is 0 Å². The van der Waals surface area contributed by atoms with E-state index in [9.17, 15) is 4.79 Å².